The van der Waals surface area contributed by atoms with Crippen LogP contribution in [0.15, 0.2) is 42.7 Å². The fourth-order valence-corrected chi connectivity index (χ4v) is 2.18. The first-order valence-electron chi connectivity index (χ1n) is 5.19. The Bertz CT molecular complexity index is 482. The van der Waals surface area contributed by atoms with Crippen molar-refractivity contribution in [2.75, 3.05) is 0 Å². The second-order valence-electron chi connectivity index (χ2n) is 3.70. The van der Waals surface area contributed by atoms with Crippen molar-refractivity contribution >= 4 is 23.2 Å². The number of aliphatic hydroxyl groups is 1. The van der Waals surface area contributed by atoms with Crippen molar-refractivity contribution in [2.45, 2.75) is 12.5 Å². The van der Waals surface area contributed by atoms with Crippen molar-refractivity contribution in [1.29, 1.82) is 0 Å². The number of hydrogen-bond donors (Lipinski definition) is 1. The Kier molecular flexibility index (Phi) is 4.00. The monoisotopic (exact) mass is 267 g/mol. The lowest BCUT2D eigenvalue weighted by Gasteiger charge is -2.13. The van der Waals surface area contributed by atoms with Crippen LogP contribution in [0, 0.1) is 0 Å². The van der Waals surface area contributed by atoms with Crippen molar-refractivity contribution in [1.82, 2.24) is 4.98 Å². The maximum Gasteiger partial charge on any atom is 0.0832 e. The van der Waals surface area contributed by atoms with E-state index in [0.717, 1.165) is 11.1 Å². The molecule has 1 unspecified atom stereocenters. The van der Waals surface area contributed by atoms with Crippen molar-refractivity contribution in [2.24, 2.45) is 0 Å². The van der Waals surface area contributed by atoms with Crippen molar-refractivity contribution in [3.63, 3.8) is 0 Å². The molecule has 0 aliphatic rings. The van der Waals surface area contributed by atoms with Crippen LogP contribution in [0.2, 0.25) is 10.0 Å². The van der Waals surface area contributed by atoms with E-state index < -0.39 is 6.10 Å². The standard InChI is InChI=1S/C13H11Cl2NO/c14-11-2-1-3-12(15)10(11)8-13(17)9-4-6-16-7-5-9/h1-7,13,17H,8H2. The molecular weight excluding hydrogens is 257 g/mol. The lowest BCUT2D eigenvalue weighted by atomic mass is 10.0. The van der Waals surface area contributed by atoms with E-state index in [1.807, 2.05) is 0 Å². The number of benzene rings is 1. The van der Waals surface area contributed by atoms with Gasteiger partial charge in [0.25, 0.3) is 0 Å². The van der Waals surface area contributed by atoms with Gasteiger partial charge in [0.1, 0.15) is 0 Å². The van der Waals surface area contributed by atoms with Gasteiger partial charge in [-0.15, -0.1) is 0 Å². The van der Waals surface area contributed by atoms with Crippen LogP contribution in [0.1, 0.15) is 17.2 Å². The summed E-state index contributed by atoms with van der Waals surface area (Å²) in [7, 11) is 0. The molecule has 0 saturated carbocycles. The SMILES string of the molecule is OC(Cc1c(Cl)cccc1Cl)c1ccncc1. The minimum atomic E-state index is -0.629. The van der Waals surface area contributed by atoms with Gasteiger partial charge in [-0.1, -0.05) is 29.3 Å². The molecule has 2 nitrogen and oxygen atoms in total. The molecule has 0 aliphatic carbocycles. The summed E-state index contributed by atoms with van der Waals surface area (Å²) in [6.07, 6.45) is 3.05. The predicted octanol–water partition coefficient (Wildman–Crippen LogP) is 3.66. The van der Waals surface area contributed by atoms with Crippen molar-refractivity contribution in [3.8, 4) is 0 Å². The van der Waals surface area contributed by atoms with Gasteiger partial charge >= 0.3 is 0 Å². The summed E-state index contributed by atoms with van der Waals surface area (Å²) >= 11 is 12.1. The Hall–Kier alpha value is -1.09. The Morgan fingerprint density at radius 3 is 2.24 bits per heavy atom. The van der Waals surface area contributed by atoms with Crippen LogP contribution in [0.3, 0.4) is 0 Å². The second kappa shape index (κ2) is 5.50. The summed E-state index contributed by atoms with van der Waals surface area (Å²) in [5.41, 5.74) is 1.57. The Morgan fingerprint density at radius 1 is 1.06 bits per heavy atom. The number of aliphatic hydroxyl groups excluding tert-OH is 1. The number of nitrogens with zero attached hydrogens (tertiary/aromatic N) is 1. The zero-order valence-corrected chi connectivity index (χ0v) is 10.5. The van der Waals surface area contributed by atoms with E-state index in [-0.39, 0.29) is 0 Å². The van der Waals surface area contributed by atoms with E-state index in [4.69, 9.17) is 23.2 Å². The van der Waals surface area contributed by atoms with Gasteiger partial charge in [-0.2, -0.15) is 0 Å². The molecule has 0 fully saturated rings. The summed E-state index contributed by atoms with van der Waals surface area (Å²) in [6, 6.07) is 8.86. The van der Waals surface area contributed by atoms with E-state index in [9.17, 15) is 5.11 Å². The Morgan fingerprint density at radius 2 is 1.65 bits per heavy atom. The van der Waals surface area contributed by atoms with Gasteiger partial charge in [0.2, 0.25) is 0 Å². The minimum Gasteiger partial charge on any atom is -0.388 e. The van der Waals surface area contributed by atoms with Crippen LogP contribution in [0.5, 0.6) is 0 Å². The third-order valence-electron chi connectivity index (χ3n) is 2.55. The molecule has 0 bridgehead atoms. The van der Waals surface area contributed by atoms with Crippen molar-refractivity contribution in [3.05, 3.63) is 63.9 Å². The quantitative estimate of drug-likeness (QED) is 0.921. The molecule has 0 saturated heterocycles. The van der Waals surface area contributed by atoms with Crippen LogP contribution in [-0.4, -0.2) is 10.1 Å². The third kappa shape index (κ3) is 2.97. The molecule has 17 heavy (non-hydrogen) atoms. The molecule has 2 aromatic rings. The van der Waals surface area contributed by atoms with Crippen LogP contribution in [0.25, 0.3) is 0 Å². The maximum atomic E-state index is 10.1. The first-order valence-corrected chi connectivity index (χ1v) is 5.95. The topological polar surface area (TPSA) is 33.1 Å². The van der Waals surface area contributed by atoms with E-state index >= 15 is 0 Å². The van der Waals surface area contributed by atoms with Gasteiger partial charge in [-0.25, -0.2) is 0 Å². The summed E-state index contributed by atoms with van der Waals surface area (Å²) in [5.74, 6) is 0. The average molecular weight is 268 g/mol. The lowest BCUT2D eigenvalue weighted by molar-refractivity contribution is 0.178. The van der Waals surface area contributed by atoms with Gasteiger partial charge in [0.05, 0.1) is 6.10 Å². The van der Waals surface area contributed by atoms with Crippen molar-refractivity contribution < 1.29 is 5.11 Å². The Balaban J connectivity index is 2.22. The first kappa shape index (κ1) is 12.4. The van der Waals surface area contributed by atoms with Crippen LogP contribution < -0.4 is 0 Å². The second-order valence-corrected chi connectivity index (χ2v) is 4.52. The van der Waals surface area contributed by atoms with E-state index in [1.54, 1.807) is 42.7 Å². The molecular formula is C13H11Cl2NO. The zero-order valence-electron chi connectivity index (χ0n) is 8.98. The number of pyridine rings is 1. The average Bonchev–Trinajstić information content (AvgIpc) is 2.35. The molecule has 1 aromatic carbocycles. The highest BCUT2D eigenvalue weighted by atomic mass is 35.5. The third-order valence-corrected chi connectivity index (χ3v) is 3.26. The zero-order chi connectivity index (χ0) is 12.3. The smallest absolute Gasteiger partial charge is 0.0832 e. The van der Waals surface area contributed by atoms with Crippen LogP contribution in [0.4, 0.5) is 0 Å². The Labute approximate surface area is 110 Å². The molecule has 0 amide bonds. The summed E-state index contributed by atoms with van der Waals surface area (Å²) in [4.78, 5) is 3.91. The largest absolute Gasteiger partial charge is 0.388 e. The molecule has 88 valence electrons. The highest BCUT2D eigenvalue weighted by Crippen LogP contribution is 2.29. The summed E-state index contributed by atoms with van der Waals surface area (Å²) < 4.78 is 0. The molecule has 4 heteroatoms. The van der Waals surface area contributed by atoms with Crippen LogP contribution in [-0.2, 0) is 6.42 Å². The van der Waals surface area contributed by atoms with Gasteiger partial charge in [0.15, 0.2) is 0 Å². The molecule has 0 radical (unpaired) electrons. The molecule has 1 heterocycles. The number of halogens is 2. The highest BCUT2D eigenvalue weighted by Gasteiger charge is 2.13. The van der Waals surface area contributed by atoms with E-state index in [2.05, 4.69) is 4.98 Å². The number of aromatic nitrogens is 1. The highest BCUT2D eigenvalue weighted by molar-refractivity contribution is 6.35. The summed E-state index contributed by atoms with van der Waals surface area (Å²) in [6.45, 7) is 0. The number of hydrogen-bond acceptors (Lipinski definition) is 2. The lowest BCUT2D eigenvalue weighted by Crippen LogP contribution is -2.03. The fraction of sp³-hybridized carbons (Fsp3) is 0.154. The van der Waals surface area contributed by atoms with E-state index in [0.29, 0.717) is 16.5 Å². The van der Waals surface area contributed by atoms with Gasteiger partial charge in [-0.05, 0) is 35.4 Å². The number of rotatable bonds is 3. The fourth-order valence-electron chi connectivity index (χ4n) is 1.62. The van der Waals surface area contributed by atoms with Crippen LogP contribution >= 0.6 is 23.2 Å². The molecule has 1 N–H and O–H groups in total. The van der Waals surface area contributed by atoms with Gasteiger partial charge in [0, 0.05) is 28.9 Å². The molecule has 0 aliphatic heterocycles. The van der Waals surface area contributed by atoms with Gasteiger partial charge < -0.3 is 5.11 Å². The maximum absolute atomic E-state index is 10.1. The molecule has 1 atom stereocenters. The predicted molar refractivity (Wildman–Crippen MR) is 69.4 cm³/mol. The summed E-state index contributed by atoms with van der Waals surface area (Å²) in [5, 5.41) is 11.2. The van der Waals surface area contributed by atoms with E-state index in [1.165, 1.54) is 0 Å². The van der Waals surface area contributed by atoms with Gasteiger partial charge in [-0.3, -0.25) is 4.98 Å². The molecule has 1 aromatic heterocycles. The first-order chi connectivity index (χ1) is 8.18. The minimum absolute atomic E-state index is 0.391. The normalized spacial score (nSPS) is 12.4. The molecule has 0 spiro atoms. The molecule has 2 rings (SSSR count).